The molecular formula is C10H11BrClNO2. The fourth-order valence-electron chi connectivity index (χ4n) is 1.09. The number of carbonyl (C=O) groups is 1. The Bertz CT molecular complexity index is 382. The fourth-order valence-corrected chi connectivity index (χ4v) is 1.85. The summed E-state index contributed by atoms with van der Waals surface area (Å²) >= 11 is 9.33. The lowest BCUT2D eigenvalue weighted by atomic mass is 10.2. The molecule has 0 atom stereocenters. The molecule has 0 amide bonds. The largest absolute Gasteiger partial charge is 0.481 e. The van der Waals surface area contributed by atoms with Crippen molar-refractivity contribution in [2.45, 2.75) is 13.3 Å². The first kappa shape index (κ1) is 12.3. The molecule has 0 heterocycles. The van der Waals surface area contributed by atoms with E-state index in [4.69, 9.17) is 16.7 Å². The second-order valence-electron chi connectivity index (χ2n) is 3.15. The highest BCUT2D eigenvalue weighted by atomic mass is 79.9. The number of carboxylic acid groups (broad SMARTS) is 1. The summed E-state index contributed by atoms with van der Waals surface area (Å²) in [5, 5.41) is 12.1. The average Bonchev–Trinajstić information content (AvgIpc) is 2.13. The molecule has 2 N–H and O–H groups in total. The van der Waals surface area contributed by atoms with Gasteiger partial charge < -0.3 is 10.4 Å². The molecule has 0 saturated carbocycles. The highest BCUT2D eigenvalue weighted by molar-refractivity contribution is 9.10. The van der Waals surface area contributed by atoms with Crippen LogP contribution < -0.4 is 5.32 Å². The van der Waals surface area contributed by atoms with Crippen LogP contribution in [0.5, 0.6) is 0 Å². The molecule has 0 aliphatic carbocycles. The first-order valence-corrected chi connectivity index (χ1v) is 5.59. The molecule has 5 heteroatoms. The van der Waals surface area contributed by atoms with Gasteiger partial charge in [-0.25, -0.2) is 0 Å². The standard InChI is InChI=1S/C10H11BrClNO2/c1-6-4-7(11)9(5-8(6)12)13-3-2-10(14)15/h4-5,13H,2-3H2,1H3,(H,14,15). The highest BCUT2D eigenvalue weighted by Gasteiger charge is 2.04. The molecule has 0 aliphatic heterocycles. The molecule has 0 radical (unpaired) electrons. The molecule has 0 spiro atoms. The number of aliphatic carboxylic acids is 1. The minimum absolute atomic E-state index is 0.0813. The number of carboxylic acids is 1. The van der Waals surface area contributed by atoms with Crippen LogP contribution in [0.1, 0.15) is 12.0 Å². The molecule has 0 unspecified atom stereocenters. The Morgan fingerprint density at radius 3 is 2.87 bits per heavy atom. The zero-order valence-electron chi connectivity index (χ0n) is 8.18. The second-order valence-corrected chi connectivity index (χ2v) is 4.41. The van der Waals surface area contributed by atoms with Gasteiger partial charge in [-0.05, 0) is 40.5 Å². The lowest BCUT2D eigenvalue weighted by Gasteiger charge is -2.09. The van der Waals surface area contributed by atoms with Crippen LogP contribution in [0.25, 0.3) is 0 Å². The molecule has 0 saturated heterocycles. The van der Waals surface area contributed by atoms with Gasteiger partial charge >= 0.3 is 5.97 Å². The van der Waals surface area contributed by atoms with E-state index in [1.165, 1.54) is 0 Å². The van der Waals surface area contributed by atoms with Gasteiger partial charge in [-0.3, -0.25) is 4.79 Å². The number of benzene rings is 1. The lowest BCUT2D eigenvalue weighted by Crippen LogP contribution is -2.07. The van der Waals surface area contributed by atoms with E-state index >= 15 is 0 Å². The van der Waals surface area contributed by atoms with Gasteiger partial charge in [0.05, 0.1) is 6.42 Å². The number of nitrogens with one attached hydrogen (secondary N) is 1. The minimum Gasteiger partial charge on any atom is -0.481 e. The first-order valence-electron chi connectivity index (χ1n) is 4.42. The number of rotatable bonds is 4. The Morgan fingerprint density at radius 1 is 1.60 bits per heavy atom. The molecule has 1 rings (SSSR count). The third-order valence-electron chi connectivity index (χ3n) is 1.90. The predicted molar refractivity (Wildman–Crippen MR) is 64.6 cm³/mol. The van der Waals surface area contributed by atoms with Crippen LogP contribution in [0.15, 0.2) is 16.6 Å². The smallest absolute Gasteiger partial charge is 0.305 e. The Balaban J connectivity index is 2.69. The Kier molecular flexibility index (Phi) is 4.42. The van der Waals surface area contributed by atoms with Crippen molar-refractivity contribution < 1.29 is 9.90 Å². The summed E-state index contributed by atoms with van der Waals surface area (Å²) in [5.74, 6) is -0.822. The van der Waals surface area contributed by atoms with Crippen molar-refractivity contribution in [3.63, 3.8) is 0 Å². The summed E-state index contributed by atoms with van der Waals surface area (Å²) in [6, 6.07) is 3.67. The summed E-state index contributed by atoms with van der Waals surface area (Å²) in [6.45, 7) is 2.29. The topological polar surface area (TPSA) is 49.3 Å². The maximum absolute atomic E-state index is 10.3. The number of hydrogen-bond acceptors (Lipinski definition) is 2. The summed E-state index contributed by atoms with van der Waals surface area (Å²) in [6.07, 6.45) is 0.0813. The van der Waals surface area contributed by atoms with Gasteiger partial charge in [0.1, 0.15) is 0 Å². The van der Waals surface area contributed by atoms with Gasteiger partial charge in [0.15, 0.2) is 0 Å². The van der Waals surface area contributed by atoms with E-state index in [0.717, 1.165) is 15.7 Å². The molecule has 1 aromatic carbocycles. The van der Waals surface area contributed by atoms with Gasteiger partial charge in [0.2, 0.25) is 0 Å². The lowest BCUT2D eigenvalue weighted by molar-refractivity contribution is -0.136. The van der Waals surface area contributed by atoms with Crippen LogP contribution >= 0.6 is 27.5 Å². The Labute approximate surface area is 102 Å². The number of halogens is 2. The van der Waals surface area contributed by atoms with Crippen LogP contribution in [0.2, 0.25) is 5.02 Å². The monoisotopic (exact) mass is 291 g/mol. The van der Waals surface area contributed by atoms with Crippen LogP contribution in [0.4, 0.5) is 5.69 Å². The van der Waals surface area contributed by atoms with Gasteiger partial charge in [-0.1, -0.05) is 11.6 Å². The molecule has 82 valence electrons. The average molecular weight is 293 g/mol. The van der Waals surface area contributed by atoms with Crippen molar-refractivity contribution in [3.05, 3.63) is 27.2 Å². The van der Waals surface area contributed by atoms with E-state index in [2.05, 4.69) is 21.2 Å². The fraction of sp³-hybridized carbons (Fsp3) is 0.300. The SMILES string of the molecule is Cc1cc(Br)c(NCCC(=O)O)cc1Cl. The molecule has 1 aromatic rings. The van der Waals surface area contributed by atoms with Crippen molar-refractivity contribution >= 4 is 39.2 Å². The normalized spacial score (nSPS) is 10.1. The number of anilines is 1. The first-order chi connectivity index (χ1) is 7.00. The predicted octanol–water partition coefficient (Wildman–Crippen LogP) is 3.30. The van der Waals surface area contributed by atoms with Crippen molar-refractivity contribution in [1.29, 1.82) is 0 Å². The molecule has 3 nitrogen and oxygen atoms in total. The molecular weight excluding hydrogens is 281 g/mol. The highest BCUT2D eigenvalue weighted by Crippen LogP contribution is 2.28. The van der Waals surface area contributed by atoms with E-state index < -0.39 is 5.97 Å². The summed E-state index contributed by atoms with van der Waals surface area (Å²) in [5.41, 5.74) is 1.79. The summed E-state index contributed by atoms with van der Waals surface area (Å²) in [7, 11) is 0. The Morgan fingerprint density at radius 2 is 2.27 bits per heavy atom. The second kappa shape index (κ2) is 5.37. The third-order valence-corrected chi connectivity index (χ3v) is 2.97. The van der Waals surface area contributed by atoms with E-state index in [-0.39, 0.29) is 6.42 Å². The van der Waals surface area contributed by atoms with Crippen molar-refractivity contribution in [2.75, 3.05) is 11.9 Å². The number of hydrogen-bond donors (Lipinski definition) is 2. The van der Waals surface area contributed by atoms with E-state index in [0.29, 0.717) is 11.6 Å². The van der Waals surface area contributed by atoms with Gasteiger partial charge in [0.25, 0.3) is 0 Å². The molecule has 0 bridgehead atoms. The van der Waals surface area contributed by atoms with Crippen LogP contribution in [-0.2, 0) is 4.79 Å². The van der Waals surface area contributed by atoms with Crippen molar-refractivity contribution in [3.8, 4) is 0 Å². The molecule has 0 aromatic heterocycles. The van der Waals surface area contributed by atoms with Crippen LogP contribution in [-0.4, -0.2) is 17.6 Å². The number of aryl methyl sites for hydroxylation is 1. The summed E-state index contributed by atoms with van der Waals surface area (Å²) < 4.78 is 0.884. The van der Waals surface area contributed by atoms with E-state index in [9.17, 15) is 4.79 Å². The molecule has 0 aliphatic rings. The zero-order valence-corrected chi connectivity index (χ0v) is 10.5. The molecule has 0 fully saturated rings. The summed E-state index contributed by atoms with van der Waals surface area (Å²) in [4.78, 5) is 10.3. The van der Waals surface area contributed by atoms with Gasteiger partial charge in [-0.2, -0.15) is 0 Å². The maximum Gasteiger partial charge on any atom is 0.305 e. The van der Waals surface area contributed by atoms with E-state index in [1.54, 1.807) is 6.07 Å². The van der Waals surface area contributed by atoms with Crippen LogP contribution in [0.3, 0.4) is 0 Å². The van der Waals surface area contributed by atoms with Crippen LogP contribution in [0, 0.1) is 6.92 Å². The maximum atomic E-state index is 10.3. The minimum atomic E-state index is -0.822. The van der Waals surface area contributed by atoms with Crippen molar-refractivity contribution in [1.82, 2.24) is 0 Å². The quantitative estimate of drug-likeness (QED) is 0.895. The zero-order chi connectivity index (χ0) is 11.4. The Hall–Kier alpha value is -0.740. The van der Waals surface area contributed by atoms with Gasteiger partial charge in [0, 0.05) is 21.7 Å². The third kappa shape index (κ3) is 3.72. The van der Waals surface area contributed by atoms with Gasteiger partial charge in [-0.15, -0.1) is 0 Å². The van der Waals surface area contributed by atoms with E-state index in [1.807, 2.05) is 13.0 Å². The van der Waals surface area contributed by atoms with Crippen molar-refractivity contribution in [2.24, 2.45) is 0 Å². The molecule has 15 heavy (non-hydrogen) atoms.